The van der Waals surface area contributed by atoms with Gasteiger partial charge >= 0.3 is 5.97 Å². The predicted octanol–water partition coefficient (Wildman–Crippen LogP) is 2.00. The third kappa shape index (κ3) is 3.89. The first kappa shape index (κ1) is 18.2. The lowest BCUT2D eigenvalue weighted by atomic mass is 10.3. The molecule has 0 N–H and O–H groups in total. The Morgan fingerprint density at radius 1 is 1.21 bits per heavy atom. The molecule has 0 bridgehead atoms. The smallest absolute Gasteiger partial charge is 0.344 e. The number of esters is 1. The number of hydrogen-bond donors (Lipinski definition) is 0. The maximum absolute atomic E-state index is 11.9. The van der Waals surface area contributed by atoms with Crippen LogP contribution in [0, 0.1) is 0 Å². The number of hydrogen-bond acceptors (Lipinski definition) is 7. The lowest BCUT2D eigenvalue weighted by Gasteiger charge is -2.16. The summed E-state index contributed by atoms with van der Waals surface area (Å²) in [6.07, 6.45) is 3.08. The Balaban J connectivity index is 1.29. The number of carbonyl (C=O) groups excluding carboxylic acids is 2. The van der Waals surface area contributed by atoms with Gasteiger partial charge in [-0.2, -0.15) is 0 Å². The molecule has 28 heavy (non-hydrogen) atoms. The standard InChI is InChI=1S/C19H17N3O5S/c23-16-2-1-7-21(16)14-3-5-15(6-4-14)26-12-18(25)27-11-13-10-17(24)22-8-9-28-19(22)20-13/h3-6,8-10H,1-2,7,11-12H2. The van der Waals surface area contributed by atoms with Crippen LogP contribution in [0.5, 0.6) is 5.75 Å². The Kier molecular flexibility index (Phi) is 5.07. The Bertz CT molecular complexity index is 1070. The van der Waals surface area contributed by atoms with Gasteiger partial charge in [0.05, 0.1) is 5.69 Å². The minimum absolute atomic E-state index is 0.0954. The third-order valence-corrected chi connectivity index (χ3v) is 5.07. The maximum Gasteiger partial charge on any atom is 0.344 e. The summed E-state index contributed by atoms with van der Waals surface area (Å²) in [5.41, 5.74) is 0.990. The molecule has 8 nitrogen and oxygen atoms in total. The highest BCUT2D eigenvalue weighted by molar-refractivity contribution is 7.15. The molecule has 1 saturated heterocycles. The highest BCUT2D eigenvalue weighted by Crippen LogP contribution is 2.23. The minimum Gasteiger partial charge on any atom is -0.482 e. The van der Waals surface area contributed by atoms with E-state index in [1.54, 1.807) is 40.7 Å². The Morgan fingerprint density at radius 2 is 2.04 bits per heavy atom. The molecule has 4 rings (SSSR count). The van der Waals surface area contributed by atoms with E-state index in [0.29, 0.717) is 22.8 Å². The second-order valence-corrected chi connectivity index (χ2v) is 7.11. The Hall–Kier alpha value is -3.20. The Labute approximate surface area is 163 Å². The largest absolute Gasteiger partial charge is 0.482 e. The van der Waals surface area contributed by atoms with E-state index in [1.807, 2.05) is 0 Å². The molecule has 9 heteroatoms. The topological polar surface area (TPSA) is 90.2 Å². The van der Waals surface area contributed by atoms with Crippen molar-refractivity contribution in [2.75, 3.05) is 18.1 Å². The molecule has 144 valence electrons. The number of aromatic nitrogens is 2. The molecular weight excluding hydrogens is 382 g/mol. The van der Waals surface area contributed by atoms with E-state index in [9.17, 15) is 14.4 Å². The van der Waals surface area contributed by atoms with Crippen LogP contribution in [0.3, 0.4) is 0 Å². The normalized spacial score (nSPS) is 13.9. The third-order valence-electron chi connectivity index (χ3n) is 4.32. The van der Waals surface area contributed by atoms with E-state index in [2.05, 4.69) is 4.98 Å². The van der Waals surface area contributed by atoms with E-state index in [-0.39, 0.29) is 24.7 Å². The molecule has 1 fully saturated rings. The summed E-state index contributed by atoms with van der Waals surface area (Å²) in [5.74, 6) is 0.0573. The predicted molar refractivity (Wildman–Crippen MR) is 103 cm³/mol. The zero-order valence-electron chi connectivity index (χ0n) is 14.9. The van der Waals surface area contributed by atoms with Gasteiger partial charge in [-0.25, -0.2) is 9.78 Å². The van der Waals surface area contributed by atoms with Gasteiger partial charge in [0.15, 0.2) is 11.6 Å². The molecule has 1 aliphatic heterocycles. The highest BCUT2D eigenvalue weighted by atomic mass is 32.1. The first-order chi connectivity index (χ1) is 13.6. The van der Waals surface area contributed by atoms with E-state index in [1.165, 1.54) is 21.8 Å². The zero-order valence-corrected chi connectivity index (χ0v) is 15.7. The van der Waals surface area contributed by atoms with Gasteiger partial charge in [-0.05, 0) is 30.7 Å². The molecule has 2 aromatic heterocycles. The van der Waals surface area contributed by atoms with Crippen LogP contribution in [0.2, 0.25) is 0 Å². The minimum atomic E-state index is -0.563. The summed E-state index contributed by atoms with van der Waals surface area (Å²) in [6.45, 7) is 0.365. The number of anilines is 1. The highest BCUT2D eigenvalue weighted by Gasteiger charge is 2.21. The molecule has 0 unspecified atom stereocenters. The monoisotopic (exact) mass is 399 g/mol. The van der Waals surface area contributed by atoms with E-state index in [0.717, 1.165) is 18.7 Å². The number of fused-ring (bicyclic) bond motifs is 1. The first-order valence-electron chi connectivity index (χ1n) is 8.75. The van der Waals surface area contributed by atoms with Gasteiger partial charge in [-0.1, -0.05) is 0 Å². The maximum atomic E-state index is 11.9. The quantitative estimate of drug-likeness (QED) is 0.589. The number of rotatable bonds is 6. The SMILES string of the molecule is O=C(COc1ccc(N2CCCC2=O)cc1)OCc1cc(=O)n2ccsc2n1. The first-order valence-corrected chi connectivity index (χ1v) is 9.63. The van der Waals surface area contributed by atoms with Crippen molar-refractivity contribution in [3.8, 4) is 5.75 Å². The molecule has 3 aromatic rings. The van der Waals surface area contributed by atoms with E-state index < -0.39 is 5.97 Å². The van der Waals surface area contributed by atoms with Crippen LogP contribution in [-0.4, -0.2) is 34.4 Å². The molecule has 0 saturated carbocycles. The van der Waals surface area contributed by atoms with Crippen LogP contribution < -0.4 is 15.2 Å². The van der Waals surface area contributed by atoms with Gasteiger partial charge in [0.2, 0.25) is 5.91 Å². The molecule has 3 heterocycles. The van der Waals surface area contributed by atoms with Crippen molar-refractivity contribution in [2.45, 2.75) is 19.4 Å². The molecule has 0 atom stereocenters. The second-order valence-electron chi connectivity index (χ2n) is 6.23. The molecule has 0 spiro atoms. The van der Waals surface area contributed by atoms with Crippen LogP contribution in [0.1, 0.15) is 18.5 Å². The van der Waals surface area contributed by atoms with E-state index >= 15 is 0 Å². The van der Waals surface area contributed by atoms with Crippen molar-refractivity contribution in [3.05, 3.63) is 58.0 Å². The number of amides is 1. The van der Waals surface area contributed by atoms with Crippen LogP contribution in [0.15, 0.2) is 46.7 Å². The fourth-order valence-electron chi connectivity index (χ4n) is 2.94. The van der Waals surface area contributed by atoms with Crippen molar-refractivity contribution in [1.82, 2.24) is 9.38 Å². The molecular formula is C19H17N3O5S. The lowest BCUT2D eigenvalue weighted by Crippen LogP contribution is -2.23. The van der Waals surface area contributed by atoms with Crippen molar-refractivity contribution < 1.29 is 19.1 Å². The van der Waals surface area contributed by atoms with Crippen LogP contribution in [0.25, 0.3) is 4.96 Å². The van der Waals surface area contributed by atoms with Crippen LogP contribution in [-0.2, 0) is 20.9 Å². The average molecular weight is 399 g/mol. The number of ether oxygens (including phenoxy) is 2. The average Bonchev–Trinajstić information content (AvgIpc) is 3.34. The number of benzene rings is 1. The summed E-state index contributed by atoms with van der Waals surface area (Å²) in [5, 5.41) is 1.76. The summed E-state index contributed by atoms with van der Waals surface area (Å²) < 4.78 is 12.0. The van der Waals surface area contributed by atoms with Crippen molar-refractivity contribution >= 4 is 33.9 Å². The molecule has 1 aliphatic rings. The summed E-state index contributed by atoms with van der Waals surface area (Å²) in [7, 11) is 0. The molecule has 0 aliphatic carbocycles. The number of carbonyl (C=O) groups is 2. The van der Waals surface area contributed by atoms with E-state index in [4.69, 9.17) is 9.47 Å². The summed E-state index contributed by atoms with van der Waals surface area (Å²) >= 11 is 1.33. The molecule has 1 amide bonds. The zero-order chi connectivity index (χ0) is 19.5. The van der Waals surface area contributed by atoms with Gasteiger partial charge in [-0.3, -0.25) is 14.0 Å². The van der Waals surface area contributed by atoms with Crippen LogP contribution in [0.4, 0.5) is 5.69 Å². The summed E-state index contributed by atoms with van der Waals surface area (Å²) in [6, 6.07) is 8.34. The van der Waals surface area contributed by atoms with Crippen LogP contribution >= 0.6 is 11.3 Å². The van der Waals surface area contributed by atoms with Gasteiger partial charge in [0, 0.05) is 36.3 Å². The Morgan fingerprint density at radius 3 is 2.79 bits per heavy atom. The van der Waals surface area contributed by atoms with Gasteiger partial charge in [0.25, 0.3) is 5.56 Å². The fraction of sp³-hybridized carbons (Fsp3) is 0.263. The van der Waals surface area contributed by atoms with Gasteiger partial charge in [0.1, 0.15) is 12.4 Å². The molecule has 1 aromatic carbocycles. The number of nitrogens with zero attached hydrogens (tertiary/aromatic N) is 3. The van der Waals surface area contributed by atoms with Crippen molar-refractivity contribution in [3.63, 3.8) is 0 Å². The molecule has 0 radical (unpaired) electrons. The van der Waals surface area contributed by atoms with Gasteiger partial charge in [-0.15, -0.1) is 11.3 Å². The van der Waals surface area contributed by atoms with Crippen molar-refractivity contribution in [2.24, 2.45) is 0 Å². The lowest BCUT2D eigenvalue weighted by molar-refractivity contribution is -0.147. The fourth-order valence-corrected chi connectivity index (χ4v) is 3.68. The summed E-state index contributed by atoms with van der Waals surface area (Å²) in [4.78, 5) is 42.1. The van der Waals surface area contributed by atoms with Crippen molar-refractivity contribution in [1.29, 1.82) is 0 Å². The number of thiazole rings is 1. The second kappa shape index (κ2) is 7.81. The van der Waals surface area contributed by atoms with Gasteiger partial charge < -0.3 is 14.4 Å².